The van der Waals surface area contributed by atoms with E-state index in [-0.39, 0.29) is 5.91 Å². The molecule has 1 saturated carbocycles. The molecule has 2 heterocycles. The molecule has 4 nitrogen and oxygen atoms in total. The van der Waals surface area contributed by atoms with Crippen LogP contribution in [-0.2, 0) is 14.3 Å². The summed E-state index contributed by atoms with van der Waals surface area (Å²) in [5, 5.41) is 2.99. The molecule has 16 heavy (non-hydrogen) atoms. The van der Waals surface area contributed by atoms with Crippen molar-refractivity contribution in [1.82, 2.24) is 5.32 Å². The summed E-state index contributed by atoms with van der Waals surface area (Å²) in [6.07, 6.45) is 5.97. The molecule has 4 heteroatoms. The fourth-order valence-corrected chi connectivity index (χ4v) is 3.57. The summed E-state index contributed by atoms with van der Waals surface area (Å²) >= 11 is 0. The van der Waals surface area contributed by atoms with E-state index in [1.54, 1.807) is 0 Å². The minimum Gasteiger partial charge on any atom is -0.355 e. The monoisotopic (exact) mass is 225 g/mol. The Kier molecular flexibility index (Phi) is 2.44. The highest BCUT2D eigenvalue weighted by molar-refractivity contribution is 5.84. The summed E-state index contributed by atoms with van der Waals surface area (Å²) < 4.78 is 11.7. The predicted molar refractivity (Wildman–Crippen MR) is 57.8 cm³/mol. The van der Waals surface area contributed by atoms with Crippen LogP contribution in [0, 0.1) is 5.41 Å². The second-order valence-electron chi connectivity index (χ2n) is 5.10. The topological polar surface area (TPSA) is 47.6 Å². The summed E-state index contributed by atoms with van der Waals surface area (Å²) in [6.45, 7) is 2.07. The smallest absolute Gasteiger partial charge is 0.231 e. The highest BCUT2D eigenvalue weighted by atomic mass is 16.7. The molecule has 1 aliphatic carbocycles. The first kappa shape index (κ1) is 10.5. The van der Waals surface area contributed by atoms with Crippen molar-refractivity contribution < 1.29 is 14.3 Å². The van der Waals surface area contributed by atoms with Gasteiger partial charge in [-0.15, -0.1) is 0 Å². The van der Waals surface area contributed by atoms with Crippen LogP contribution in [0.15, 0.2) is 0 Å². The van der Waals surface area contributed by atoms with Crippen LogP contribution in [0.5, 0.6) is 0 Å². The Labute approximate surface area is 95.7 Å². The number of hydrogen-bond donors (Lipinski definition) is 1. The second-order valence-corrected chi connectivity index (χ2v) is 5.10. The SMILES string of the molecule is O=C1NCCCC12CCCCC21OCCO1. The third kappa shape index (κ3) is 1.26. The standard InChI is InChI=1S/C12H19NO3/c14-10-11(5-3-7-13-10)4-1-2-6-12(11)15-8-9-16-12/h1-9H2,(H,13,14). The number of ether oxygens (including phenoxy) is 2. The van der Waals surface area contributed by atoms with Crippen LogP contribution in [0.3, 0.4) is 0 Å². The van der Waals surface area contributed by atoms with E-state index in [2.05, 4.69) is 5.32 Å². The van der Waals surface area contributed by atoms with Gasteiger partial charge in [-0.3, -0.25) is 4.79 Å². The van der Waals surface area contributed by atoms with Crippen molar-refractivity contribution in [2.75, 3.05) is 19.8 Å². The summed E-state index contributed by atoms with van der Waals surface area (Å²) in [4.78, 5) is 12.3. The van der Waals surface area contributed by atoms with Gasteiger partial charge in [0.1, 0.15) is 5.41 Å². The lowest BCUT2D eigenvalue weighted by Gasteiger charge is -2.50. The van der Waals surface area contributed by atoms with Gasteiger partial charge >= 0.3 is 0 Å². The van der Waals surface area contributed by atoms with E-state index in [1.807, 2.05) is 0 Å². The molecule has 2 spiro atoms. The van der Waals surface area contributed by atoms with Crippen molar-refractivity contribution >= 4 is 5.91 Å². The fourth-order valence-electron chi connectivity index (χ4n) is 3.57. The second kappa shape index (κ2) is 3.70. The van der Waals surface area contributed by atoms with E-state index in [9.17, 15) is 4.79 Å². The van der Waals surface area contributed by atoms with Crippen LogP contribution in [0.4, 0.5) is 0 Å². The fraction of sp³-hybridized carbons (Fsp3) is 0.917. The van der Waals surface area contributed by atoms with Gasteiger partial charge in [-0.05, 0) is 25.7 Å². The number of piperidine rings is 1. The third-order valence-electron chi connectivity index (χ3n) is 4.34. The molecule has 3 rings (SSSR count). The molecule has 1 amide bonds. The van der Waals surface area contributed by atoms with Gasteiger partial charge in [0.2, 0.25) is 5.91 Å². The summed E-state index contributed by atoms with van der Waals surface area (Å²) in [7, 11) is 0. The van der Waals surface area contributed by atoms with Crippen molar-refractivity contribution in [1.29, 1.82) is 0 Å². The van der Waals surface area contributed by atoms with E-state index in [1.165, 1.54) is 0 Å². The molecule has 0 radical (unpaired) electrons. The molecule has 0 aromatic heterocycles. The highest BCUT2D eigenvalue weighted by Crippen LogP contribution is 2.53. The molecule has 2 saturated heterocycles. The minimum atomic E-state index is -0.601. The maximum atomic E-state index is 12.3. The van der Waals surface area contributed by atoms with Gasteiger partial charge in [-0.25, -0.2) is 0 Å². The Bertz CT molecular complexity index is 293. The third-order valence-corrected chi connectivity index (χ3v) is 4.34. The first-order chi connectivity index (χ1) is 7.79. The molecule has 0 bridgehead atoms. The lowest BCUT2D eigenvalue weighted by molar-refractivity contribution is -0.254. The van der Waals surface area contributed by atoms with Crippen LogP contribution >= 0.6 is 0 Å². The number of carbonyl (C=O) groups is 1. The number of carbonyl (C=O) groups excluding carboxylic acids is 1. The first-order valence-corrected chi connectivity index (χ1v) is 6.35. The lowest BCUT2D eigenvalue weighted by Crippen LogP contribution is -2.61. The average Bonchev–Trinajstić information content (AvgIpc) is 2.76. The van der Waals surface area contributed by atoms with Crippen molar-refractivity contribution in [3.8, 4) is 0 Å². The Morgan fingerprint density at radius 3 is 2.44 bits per heavy atom. The zero-order valence-electron chi connectivity index (χ0n) is 9.59. The summed E-state index contributed by atoms with van der Waals surface area (Å²) in [5.41, 5.74) is -0.403. The largest absolute Gasteiger partial charge is 0.355 e. The van der Waals surface area contributed by atoms with E-state index in [4.69, 9.17) is 9.47 Å². The van der Waals surface area contributed by atoms with Crippen molar-refractivity contribution in [2.45, 2.75) is 44.3 Å². The lowest BCUT2D eigenvalue weighted by atomic mass is 9.64. The van der Waals surface area contributed by atoms with Gasteiger partial charge in [-0.1, -0.05) is 6.42 Å². The zero-order chi connectivity index (χ0) is 11.1. The Balaban J connectivity index is 1.97. The van der Waals surface area contributed by atoms with Crippen LogP contribution in [0.1, 0.15) is 38.5 Å². The van der Waals surface area contributed by atoms with Gasteiger partial charge in [0, 0.05) is 13.0 Å². The van der Waals surface area contributed by atoms with Crippen LogP contribution < -0.4 is 5.32 Å². The van der Waals surface area contributed by atoms with E-state index in [0.29, 0.717) is 13.2 Å². The maximum Gasteiger partial charge on any atom is 0.231 e. The number of nitrogens with one attached hydrogen (secondary N) is 1. The normalized spacial score (nSPS) is 37.9. The van der Waals surface area contributed by atoms with Crippen molar-refractivity contribution in [3.05, 3.63) is 0 Å². The van der Waals surface area contributed by atoms with E-state index < -0.39 is 11.2 Å². The molecule has 3 fully saturated rings. The number of amides is 1. The highest BCUT2D eigenvalue weighted by Gasteiger charge is 2.61. The van der Waals surface area contributed by atoms with Crippen LogP contribution in [0.2, 0.25) is 0 Å². The predicted octanol–water partition coefficient (Wildman–Crippen LogP) is 1.20. The molecule has 0 aromatic rings. The molecular formula is C12H19NO3. The molecule has 90 valence electrons. The summed E-state index contributed by atoms with van der Waals surface area (Å²) in [5.74, 6) is -0.448. The van der Waals surface area contributed by atoms with E-state index in [0.717, 1.165) is 45.1 Å². The summed E-state index contributed by atoms with van der Waals surface area (Å²) in [6, 6.07) is 0. The average molecular weight is 225 g/mol. The minimum absolute atomic E-state index is 0.153. The van der Waals surface area contributed by atoms with Gasteiger partial charge < -0.3 is 14.8 Å². The number of fused-ring (bicyclic) bond motifs is 1. The number of hydrogen-bond acceptors (Lipinski definition) is 3. The van der Waals surface area contributed by atoms with Crippen molar-refractivity contribution in [3.63, 3.8) is 0 Å². The molecule has 1 atom stereocenters. The zero-order valence-corrected chi connectivity index (χ0v) is 9.59. The molecule has 2 aliphatic heterocycles. The van der Waals surface area contributed by atoms with Gasteiger partial charge in [0.05, 0.1) is 13.2 Å². The first-order valence-electron chi connectivity index (χ1n) is 6.35. The van der Waals surface area contributed by atoms with Gasteiger partial charge in [-0.2, -0.15) is 0 Å². The molecule has 3 aliphatic rings. The quantitative estimate of drug-likeness (QED) is 0.674. The molecule has 1 N–H and O–H groups in total. The maximum absolute atomic E-state index is 12.3. The van der Waals surface area contributed by atoms with Crippen LogP contribution in [-0.4, -0.2) is 31.5 Å². The Morgan fingerprint density at radius 1 is 1.00 bits per heavy atom. The molecular weight excluding hydrogens is 206 g/mol. The molecule has 1 unspecified atom stereocenters. The van der Waals surface area contributed by atoms with Gasteiger partial charge in [0.25, 0.3) is 0 Å². The van der Waals surface area contributed by atoms with E-state index >= 15 is 0 Å². The Hall–Kier alpha value is -0.610. The van der Waals surface area contributed by atoms with Crippen molar-refractivity contribution in [2.24, 2.45) is 5.41 Å². The Morgan fingerprint density at radius 2 is 1.69 bits per heavy atom. The van der Waals surface area contributed by atoms with Gasteiger partial charge in [0.15, 0.2) is 5.79 Å². The molecule has 0 aromatic carbocycles. The number of rotatable bonds is 0. The van der Waals surface area contributed by atoms with Crippen LogP contribution in [0.25, 0.3) is 0 Å².